The molecule has 1 atom stereocenters. The molecule has 0 bridgehead atoms. The summed E-state index contributed by atoms with van der Waals surface area (Å²) in [6.45, 7) is 3.43. The number of anilines is 1. The molecule has 0 heterocycles. The van der Waals surface area contributed by atoms with Crippen molar-refractivity contribution in [2.24, 2.45) is 11.7 Å². The van der Waals surface area contributed by atoms with Crippen LogP contribution >= 0.6 is 0 Å². The van der Waals surface area contributed by atoms with Gasteiger partial charge < -0.3 is 16.4 Å². The number of hydrogen-bond donors (Lipinski definition) is 3. The molecule has 0 aliphatic carbocycles. The fourth-order valence-electron chi connectivity index (χ4n) is 1.82. The average Bonchev–Trinajstić information content (AvgIpc) is 2.42. The number of nitro groups is 1. The highest BCUT2D eigenvalue weighted by molar-refractivity contribution is 6.01. The monoisotopic (exact) mass is 294 g/mol. The molecule has 8 nitrogen and oxygen atoms in total. The van der Waals surface area contributed by atoms with Crippen molar-refractivity contribution in [1.29, 1.82) is 0 Å². The lowest BCUT2D eigenvalue weighted by atomic mass is 10.0. The fraction of sp³-hybridized carbons (Fsp3) is 0.385. The van der Waals surface area contributed by atoms with E-state index in [1.165, 1.54) is 18.2 Å². The average molecular weight is 294 g/mol. The Morgan fingerprint density at radius 2 is 1.95 bits per heavy atom. The molecule has 114 valence electrons. The van der Waals surface area contributed by atoms with Crippen LogP contribution in [0.1, 0.15) is 24.2 Å². The number of nitrogens with one attached hydrogen (secondary N) is 2. The second-order valence-corrected chi connectivity index (χ2v) is 4.84. The van der Waals surface area contributed by atoms with Gasteiger partial charge in [-0.25, -0.2) is 0 Å². The predicted molar refractivity (Wildman–Crippen MR) is 77.9 cm³/mol. The minimum Gasteiger partial charge on any atom is -0.388 e. The molecule has 8 heteroatoms. The van der Waals surface area contributed by atoms with Gasteiger partial charge in [0, 0.05) is 18.8 Å². The van der Waals surface area contributed by atoms with Crippen LogP contribution < -0.4 is 16.4 Å². The number of amides is 2. The van der Waals surface area contributed by atoms with Crippen molar-refractivity contribution in [1.82, 2.24) is 5.32 Å². The molecule has 0 saturated carbocycles. The van der Waals surface area contributed by atoms with E-state index in [2.05, 4.69) is 10.6 Å². The SMILES string of the molecule is CNc1ccc([N+](=O)[O-])c(C(=O)NC(C(N)=O)C(C)C)c1. The third-order valence-corrected chi connectivity index (χ3v) is 2.99. The van der Waals surface area contributed by atoms with Gasteiger partial charge in [-0.15, -0.1) is 0 Å². The molecular weight excluding hydrogens is 276 g/mol. The van der Waals surface area contributed by atoms with Crippen molar-refractivity contribution in [3.63, 3.8) is 0 Å². The first-order valence-corrected chi connectivity index (χ1v) is 6.34. The highest BCUT2D eigenvalue weighted by Crippen LogP contribution is 2.22. The standard InChI is InChI=1S/C13H18N4O4/c1-7(2)11(12(14)18)16-13(19)9-6-8(15-3)4-5-10(9)17(20)21/h4-7,11,15H,1-3H3,(H2,14,18)(H,16,19). The first kappa shape index (κ1) is 16.4. The van der Waals surface area contributed by atoms with E-state index in [1.807, 2.05) is 0 Å². The molecule has 0 aliphatic rings. The van der Waals surface area contributed by atoms with Gasteiger partial charge in [0.25, 0.3) is 11.6 Å². The second-order valence-electron chi connectivity index (χ2n) is 4.84. The van der Waals surface area contributed by atoms with Crippen LogP contribution in [0.25, 0.3) is 0 Å². The van der Waals surface area contributed by atoms with E-state index in [4.69, 9.17) is 5.73 Å². The van der Waals surface area contributed by atoms with Gasteiger partial charge in [-0.05, 0) is 18.1 Å². The van der Waals surface area contributed by atoms with Crippen molar-refractivity contribution >= 4 is 23.2 Å². The van der Waals surface area contributed by atoms with Gasteiger partial charge in [-0.3, -0.25) is 19.7 Å². The van der Waals surface area contributed by atoms with Crippen LogP contribution in [-0.4, -0.2) is 29.8 Å². The molecule has 0 spiro atoms. The van der Waals surface area contributed by atoms with Crippen molar-refractivity contribution in [3.8, 4) is 0 Å². The van der Waals surface area contributed by atoms with E-state index in [1.54, 1.807) is 20.9 Å². The Hall–Kier alpha value is -2.64. The molecule has 1 aromatic rings. The molecule has 0 aliphatic heterocycles. The van der Waals surface area contributed by atoms with Gasteiger partial charge in [-0.1, -0.05) is 13.8 Å². The van der Waals surface area contributed by atoms with Crippen molar-refractivity contribution in [3.05, 3.63) is 33.9 Å². The van der Waals surface area contributed by atoms with Gasteiger partial charge in [0.15, 0.2) is 0 Å². The molecule has 2 amide bonds. The van der Waals surface area contributed by atoms with Gasteiger partial charge in [0.05, 0.1) is 4.92 Å². The van der Waals surface area contributed by atoms with Crippen LogP contribution in [0.15, 0.2) is 18.2 Å². The number of nitrogens with zero attached hydrogens (tertiary/aromatic N) is 1. The number of carbonyl (C=O) groups excluding carboxylic acids is 2. The number of rotatable bonds is 6. The van der Waals surface area contributed by atoms with E-state index in [-0.39, 0.29) is 17.2 Å². The van der Waals surface area contributed by atoms with Crippen LogP contribution in [-0.2, 0) is 4.79 Å². The van der Waals surface area contributed by atoms with Crippen molar-refractivity contribution in [2.75, 3.05) is 12.4 Å². The maximum absolute atomic E-state index is 12.2. The van der Waals surface area contributed by atoms with E-state index in [0.717, 1.165) is 0 Å². The lowest BCUT2D eigenvalue weighted by Gasteiger charge is -2.19. The second kappa shape index (κ2) is 6.69. The Labute approximate surface area is 121 Å². The minimum atomic E-state index is -0.893. The summed E-state index contributed by atoms with van der Waals surface area (Å²) < 4.78 is 0. The maximum Gasteiger partial charge on any atom is 0.282 e. The van der Waals surface area contributed by atoms with Gasteiger partial charge >= 0.3 is 0 Å². The Balaban J connectivity index is 3.16. The third-order valence-electron chi connectivity index (χ3n) is 2.99. The summed E-state index contributed by atoms with van der Waals surface area (Å²) >= 11 is 0. The summed E-state index contributed by atoms with van der Waals surface area (Å²) in [6.07, 6.45) is 0. The molecule has 1 rings (SSSR count). The summed E-state index contributed by atoms with van der Waals surface area (Å²) in [5.74, 6) is -1.62. The first-order valence-electron chi connectivity index (χ1n) is 6.34. The molecule has 4 N–H and O–H groups in total. The molecule has 1 unspecified atom stereocenters. The number of nitrogens with two attached hydrogens (primary N) is 1. The van der Waals surface area contributed by atoms with Crippen LogP contribution in [0.4, 0.5) is 11.4 Å². The quantitative estimate of drug-likeness (QED) is 0.530. The molecular formula is C13H18N4O4. The topological polar surface area (TPSA) is 127 Å². The summed E-state index contributed by atoms with van der Waals surface area (Å²) in [6, 6.07) is 3.18. The zero-order valence-electron chi connectivity index (χ0n) is 12.0. The molecule has 0 fully saturated rings. The van der Waals surface area contributed by atoms with Crippen LogP contribution in [0.2, 0.25) is 0 Å². The predicted octanol–water partition coefficient (Wildman–Crippen LogP) is 0.876. The molecule has 0 saturated heterocycles. The van der Waals surface area contributed by atoms with Gasteiger partial charge in [-0.2, -0.15) is 0 Å². The number of carbonyl (C=O) groups is 2. The summed E-state index contributed by atoms with van der Waals surface area (Å²) in [5.41, 5.74) is 5.30. The van der Waals surface area contributed by atoms with Gasteiger partial charge in [0.2, 0.25) is 5.91 Å². The Kier molecular flexibility index (Phi) is 5.23. The Morgan fingerprint density at radius 1 is 1.33 bits per heavy atom. The number of hydrogen-bond acceptors (Lipinski definition) is 5. The molecule has 0 radical (unpaired) electrons. The largest absolute Gasteiger partial charge is 0.388 e. The van der Waals surface area contributed by atoms with E-state index in [9.17, 15) is 19.7 Å². The summed E-state index contributed by atoms with van der Waals surface area (Å²) in [7, 11) is 1.63. The third kappa shape index (κ3) is 3.91. The van der Waals surface area contributed by atoms with Crippen molar-refractivity contribution in [2.45, 2.75) is 19.9 Å². The van der Waals surface area contributed by atoms with E-state index >= 15 is 0 Å². The summed E-state index contributed by atoms with van der Waals surface area (Å²) in [5, 5.41) is 16.2. The van der Waals surface area contributed by atoms with Gasteiger partial charge in [0.1, 0.15) is 11.6 Å². The molecule has 21 heavy (non-hydrogen) atoms. The number of nitro benzene ring substituents is 1. The maximum atomic E-state index is 12.2. The lowest BCUT2D eigenvalue weighted by molar-refractivity contribution is -0.385. The van der Waals surface area contributed by atoms with Crippen LogP contribution in [0.3, 0.4) is 0 Å². The zero-order valence-corrected chi connectivity index (χ0v) is 12.0. The fourth-order valence-corrected chi connectivity index (χ4v) is 1.82. The Bertz CT molecular complexity index is 571. The number of primary amides is 1. The highest BCUT2D eigenvalue weighted by atomic mass is 16.6. The lowest BCUT2D eigenvalue weighted by Crippen LogP contribution is -2.47. The minimum absolute atomic E-state index is 0.126. The highest BCUT2D eigenvalue weighted by Gasteiger charge is 2.26. The first-order chi connectivity index (χ1) is 9.77. The zero-order chi connectivity index (χ0) is 16.2. The Morgan fingerprint density at radius 3 is 2.38 bits per heavy atom. The van der Waals surface area contributed by atoms with E-state index in [0.29, 0.717) is 5.69 Å². The smallest absolute Gasteiger partial charge is 0.282 e. The number of benzene rings is 1. The van der Waals surface area contributed by atoms with E-state index < -0.39 is 22.8 Å². The molecule has 1 aromatic carbocycles. The van der Waals surface area contributed by atoms with Crippen LogP contribution in [0.5, 0.6) is 0 Å². The molecule has 0 aromatic heterocycles. The van der Waals surface area contributed by atoms with Crippen LogP contribution in [0, 0.1) is 16.0 Å². The normalized spacial score (nSPS) is 11.8. The summed E-state index contributed by atoms with van der Waals surface area (Å²) in [4.78, 5) is 33.9. The van der Waals surface area contributed by atoms with Crippen molar-refractivity contribution < 1.29 is 14.5 Å².